The molecule has 2 N–H and O–H groups in total. The zero-order valence-corrected chi connectivity index (χ0v) is 23.1. The third-order valence-corrected chi connectivity index (χ3v) is 6.86. The van der Waals surface area contributed by atoms with Gasteiger partial charge in [0.2, 0.25) is 0 Å². The molecular formula is C29H40ClN3O3. The van der Waals surface area contributed by atoms with Gasteiger partial charge in [-0.2, -0.15) is 0 Å². The average Bonchev–Trinajstić information content (AvgIpc) is 3.54. The van der Waals surface area contributed by atoms with Crippen molar-refractivity contribution < 1.29 is 14.3 Å². The van der Waals surface area contributed by atoms with Gasteiger partial charge < -0.3 is 14.7 Å². The van der Waals surface area contributed by atoms with Crippen LogP contribution in [0.4, 0.5) is 0 Å². The van der Waals surface area contributed by atoms with Crippen molar-refractivity contribution in [3.8, 4) is 0 Å². The van der Waals surface area contributed by atoms with E-state index in [2.05, 4.69) is 34.6 Å². The first kappa shape index (κ1) is 29.4. The Morgan fingerprint density at radius 2 is 1.69 bits per heavy atom. The minimum atomic E-state index is -0.138. The summed E-state index contributed by atoms with van der Waals surface area (Å²) in [6.07, 6.45) is 12.0. The Morgan fingerprint density at radius 1 is 1.03 bits per heavy atom. The Balaban J connectivity index is 0.00000456. The highest BCUT2D eigenvalue weighted by Crippen LogP contribution is 2.32. The van der Waals surface area contributed by atoms with Crippen molar-refractivity contribution in [2.75, 3.05) is 7.11 Å². The molecule has 0 saturated carbocycles. The van der Waals surface area contributed by atoms with E-state index in [0.29, 0.717) is 12.8 Å². The number of allylic oxidation sites excluding steroid dienone is 2. The van der Waals surface area contributed by atoms with Crippen LogP contribution in [-0.2, 0) is 9.53 Å². The fraction of sp³-hybridized carbons (Fsp3) is 0.483. The molecule has 0 saturated heterocycles. The van der Waals surface area contributed by atoms with Crippen LogP contribution in [0.25, 0.3) is 6.08 Å². The van der Waals surface area contributed by atoms with E-state index < -0.39 is 0 Å². The molecule has 0 radical (unpaired) electrons. The quantitative estimate of drug-likeness (QED) is 0.166. The number of aliphatic imine (C=N–C) groups is 1. The summed E-state index contributed by atoms with van der Waals surface area (Å²) in [7, 11) is 1.43. The first-order chi connectivity index (χ1) is 16.9. The molecule has 7 heteroatoms. The monoisotopic (exact) mass is 513 g/mol. The van der Waals surface area contributed by atoms with Gasteiger partial charge in [0.25, 0.3) is 0 Å². The van der Waals surface area contributed by atoms with Crippen molar-refractivity contribution in [3.63, 3.8) is 0 Å². The van der Waals surface area contributed by atoms with Gasteiger partial charge in [-0.1, -0.05) is 32.6 Å². The molecule has 0 aliphatic carbocycles. The molecule has 0 aromatic carbocycles. The molecule has 2 aromatic heterocycles. The van der Waals surface area contributed by atoms with Gasteiger partial charge in [0.05, 0.1) is 24.2 Å². The van der Waals surface area contributed by atoms with Gasteiger partial charge in [-0.15, -0.1) is 12.4 Å². The molecule has 1 aliphatic heterocycles. The Labute approximate surface area is 221 Å². The van der Waals surface area contributed by atoms with Crippen LogP contribution < -0.4 is 0 Å². The third kappa shape index (κ3) is 7.10. The number of carbonyl (C=O) groups excluding carboxylic acids is 2. The summed E-state index contributed by atoms with van der Waals surface area (Å²) in [5.41, 5.74) is 9.11. The zero-order chi connectivity index (χ0) is 25.4. The minimum absolute atomic E-state index is 0. The predicted molar refractivity (Wildman–Crippen MR) is 149 cm³/mol. The second kappa shape index (κ2) is 14.0. The van der Waals surface area contributed by atoms with Gasteiger partial charge in [-0.25, -0.2) is 4.99 Å². The number of carbonyl (C=O) groups is 2. The van der Waals surface area contributed by atoms with Crippen LogP contribution in [0, 0.1) is 13.8 Å². The second-order valence-corrected chi connectivity index (χ2v) is 9.32. The van der Waals surface area contributed by atoms with E-state index in [4.69, 9.17) is 4.99 Å². The number of ketones is 1. The summed E-state index contributed by atoms with van der Waals surface area (Å²) in [6.45, 7) is 8.28. The number of nitrogens with one attached hydrogen (secondary N) is 2. The lowest BCUT2D eigenvalue weighted by Gasteiger charge is -2.04. The lowest BCUT2D eigenvalue weighted by Crippen LogP contribution is -2.02. The summed E-state index contributed by atoms with van der Waals surface area (Å²) in [5, 5.41) is 0. The van der Waals surface area contributed by atoms with Crippen LogP contribution in [0.3, 0.4) is 0 Å². The Hall–Kier alpha value is -2.86. The van der Waals surface area contributed by atoms with E-state index in [1.54, 1.807) is 0 Å². The molecule has 2 aromatic rings. The highest BCUT2D eigenvalue weighted by atomic mass is 35.5. The smallest absolute Gasteiger partial charge is 0.305 e. The number of methoxy groups -OCH3 is 1. The number of ether oxygens (including phenoxy) is 1. The van der Waals surface area contributed by atoms with Gasteiger partial charge in [0.15, 0.2) is 5.78 Å². The van der Waals surface area contributed by atoms with Crippen LogP contribution in [0.5, 0.6) is 0 Å². The number of aromatic nitrogens is 2. The highest BCUT2D eigenvalue weighted by molar-refractivity contribution is 6.15. The molecule has 0 bridgehead atoms. The van der Waals surface area contributed by atoms with Crippen molar-refractivity contribution in [1.29, 1.82) is 0 Å². The van der Waals surface area contributed by atoms with Gasteiger partial charge in [-0.05, 0) is 75.0 Å². The van der Waals surface area contributed by atoms with E-state index in [1.165, 1.54) is 18.3 Å². The molecular weight excluding hydrogens is 474 g/mol. The van der Waals surface area contributed by atoms with Crippen LogP contribution in [0.2, 0.25) is 0 Å². The fourth-order valence-corrected chi connectivity index (χ4v) is 4.84. The summed E-state index contributed by atoms with van der Waals surface area (Å²) in [6, 6.07) is 4.04. The average molecular weight is 514 g/mol. The molecule has 0 atom stereocenters. The maximum atomic E-state index is 13.0. The molecule has 0 amide bonds. The highest BCUT2D eigenvalue weighted by Gasteiger charge is 2.23. The summed E-state index contributed by atoms with van der Waals surface area (Å²) >= 11 is 0. The number of aromatic amines is 2. The van der Waals surface area contributed by atoms with Crippen LogP contribution in [-0.4, -0.2) is 34.5 Å². The first-order valence-corrected chi connectivity index (χ1v) is 12.8. The fourth-order valence-electron chi connectivity index (χ4n) is 4.84. The normalized spacial score (nSPS) is 14.2. The molecule has 196 valence electrons. The number of rotatable bonds is 13. The standard InChI is InChI=1S/C29H39N3O3.ClH/c1-6-22-19(2)24(32-29(22)23-14-13-17-30-23)18-25-20(3)28(21(4)31-25)26(33)15-11-9-7-8-10-12-16-27(34)35-5;/h13-14,17-18,30-31H,6-12,15-16H2,1-5H3;1H/b24-18-;. The Bertz CT molecular complexity index is 1140. The molecule has 0 unspecified atom stereocenters. The van der Waals surface area contributed by atoms with Crippen molar-refractivity contribution in [2.24, 2.45) is 4.99 Å². The maximum absolute atomic E-state index is 13.0. The van der Waals surface area contributed by atoms with Crippen molar-refractivity contribution in [1.82, 2.24) is 9.97 Å². The largest absolute Gasteiger partial charge is 0.469 e. The van der Waals surface area contributed by atoms with Gasteiger partial charge in [-0.3, -0.25) is 9.59 Å². The summed E-state index contributed by atoms with van der Waals surface area (Å²) in [5.74, 6) is 0.0654. The Kier molecular flexibility index (Phi) is 11.4. The molecule has 3 heterocycles. The number of Topliss-reactive ketones (excluding diaryl/α,β-unsaturated/α-hetero) is 1. The van der Waals surface area contributed by atoms with E-state index in [-0.39, 0.29) is 24.2 Å². The number of hydrogen-bond donors (Lipinski definition) is 2. The summed E-state index contributed by atoms with van der Waals surface area (Å²) in [4.78, 5) is 35.8. The van der Waals surface area contributed by atoms with Gasteiger partial charge in [0, 0.05) is 36.0 Å². The zero-order valence-electron chi connectivity index (χ0n) is 22.3. The number of aryl methyl sites for hydroxylation is 1. The van der Waals surface area contributed by atoms with Crippen molar-refractivity contribution in [3.05, 3.63) is 63.4 Å². The van der Waals surface area contributed by atoms with Gasteiger partial charge in [0.1, 0.15) is 0 Å². The molecule has 1 aliphatic rings. The first-order valence-electron chi connectivity index (χ1n) is 12.8. The number of esters is 1. The van der Waals surface area contributed by atoms with E-state index in [0.717, 1.165) is 84.6 Å². The van der Waals surface area contributed by atoms with Gasteiger partial charge >= 0.3 is 5.97 Å². The number of H-pyrrole nitrogens is 2. The van der Waals surface area contributed by atoms with Crippen molar-refractivity contribution in [2.45, 2.75) is 85.5 Å². The lowest BCUT2D eigenvalue weighted by molar-refractivity contribution is -0.140. The molecule has 0 spiro atoms. The SMILES string of the molecule is CCC1=C(C)/C(=C/c2[nH]c(C)c(C(=O)CCCCCCCCC(=O)OC)c2C)N=C1c1ccc[nH]1.Cl. The molecule has 36 heavy (non-hydrogen) atoms. The van der Waals surface area contributed by atoms with Crippen molar-refractivity contribution >= 4 is 35.9 Å². The Morgan fingerprint density at radius 3 is 2.31 bits per heavy atom. The molecule has 6 nitrogen and oxygen atoms in total. The van der Waals surface area contributed by atoms with E-state index >= 15 is 0 Å². The molecule has 0 fully saturated rings. The predicted octanol–water partition coefficient (Wildman–Crippen LogP) is 7.43. The number of unbranched alkanes of at least 4 members (excludes halogenated alkanes) is 5. The summed E-state index contributed by atoms with van der Waals surface area (Å²) < 4.78 is 4.66. The lowest BCUT2D eigenvalue weighted by atomic mass is 9.99. The van der Waals surface area contributed by atoms with Crippen LogP contribution >= 0.6 is 12.4 Å². The minimum Gasteiger partial charge on any atom is -0.469 e. The van der Waals surface area contributed by atoms with E-state index in [9.17, 15) is 9.59 Å². The van der Waals surface area contributed by atoms with Crippen LogP contribution in [0.1, 0.15) is 105 Å². The number of hydrogen-bond acceptors (Lipinski definition) is 4. The molecule has 3 rings (SSSR count). The van der Waals surface area contributed by atoms with Crippen LogP contribution in [0.15, 0.2) is 40.2 Å². The topological polar surface area (TPSA) is 87.3 Å². The number of nitrogens with zero attached hydrogens (tertiary/aromatic N) is 1. The third-order valence-electron chi connectivity index (χ3n) is 6.86. The maximum Gasteiger partial charge on any atom is 0.305 e. The second-order valence-electron chi connectivity index (χ2n) is 9.32. The van der Waals surface area contributed by atoms with E-state index in [1.807, 2.05) is 32.2 Å². The number of halogens is 1.